The fraction of sp³-hybridized carbons (Fsp3) is 0.571. The first-order valence-electron chi connectivity index (χ1n) is 6.10. The maximum absolute atomic E-state index is 6.07. The zero-order chi connectivity index (χ0) is 11.8. The molecule has 0 spiro atoms. The highest BCUT2D eigenvalue weighted by Gasteiger charge is 2.12. The van der Waals surface area contributed by atoms with Crippen molar-refractivity contribution < 1.29 is 0 Å². The van der Waals surface area contributed by atoms with Crippen LogP contribution in [0.4, 0.5) is 0 Å². The fourth-order valence-corrected chi connectivity index (χ4v) is 2.87. The largest absolute Gasteiger partial charge is 0.126 e. The molecule has 0 aliphatic rings. The van der Waals surface area contributed by atoms with Crippen LogP contribution in [0.25, 0.3) is 0 Å². The van der Waals surface area contributed by atoms with Crippen LogP contribution in [0.1, 0.15) is 50.5 Å². The summed E-state index contributed by atoms with van der Waals surface area (Å²) in [5, 5.41) is 0. The van der Waals surface area contributed by atoms with Gasteiger partial charge in [0.25, 0.3) is 0 Å². The van der Waals surface area contributed by atoms with E-state index in [1.807, 2.05) is 0 Å². The van der Waals surface area contributed by atoms with Gasteiger partial charge in [-0.15, -0.1) is 11.6 Å². The summed E-state index contributed by atoms with van der Waals surface area (Å²) in [6.45, 7) is 2.24. The SMILES string of the molecule is CCCCCCC(CCl)c1ccccc1Br. The summed E-state index contributed by atoms with van der Waals surface area (Å²) < 4.78 is 1.19. The fourth-order valence-electron chi connectivity index (χ4n) is 1.94. The van der Waals surface area contributed by atoms with Crippen LogP contribution in [-0.2, 0) is 0 Å². The topological polar surface area (TPSA) is 0 Å². The standard InChI is InChI=1S/C14H20BrCl/c1-2-3-4-5-8-12(11-16)13-9-6-7-10-14(13)15/h6-7,9-10,12H,2-5,8,11H2,1H3. The minimum Gasteiger partial charge on any atom is -0.126 e. The first-order chi connectivity index (χ1) is 7.79. The van der Waals surface area contributed by atoms with E-state index in [1.165, 1.54) is 42.1 Å². The third-order valence-corrected chi connectivity index (χ3v) is 4.03. The summed E-state index contributed by atoms with van der Waals surface area (Å²) in [7, 11) is 0. The molecule has 1 aromatic carbocycles. The molecule has 0 aliphatic heterocycles. The second-order valence-electron chi connectivity index (χ2n) is 4.22. The lowest BCUT2D eigenvalue weighted by Gasteiger charge is -2.15. The first-order valence-corrected chi connectivity index (χ1v) is 7.42. The molecule has 0 fully saturated rings. The summed E-state index contributed by atoms with van der Waals surface area (Å²) in [4.78, 5) is 0. The van der Waals surface area contributed by atoms with E-state index >= 15 is 0 Å². The van der Waals surface area contributed by atoms with Crippen LogP contribution in [0.5, 0.6) is 0 Å². The van der Waals surface area contributed by atoms with Crippen LogP contribution in [0, 0.1) is 0 Å². The Kier molecular flexibility index (Phi) is 7.15. The van der Waals surface area contributed by atoms with Gasteiger partial charge in [-0.3, -0.25) is 0 Å². The predicted molar refractivity (Wildman–Crippen MR) is 76.4 cm³/mol. The van der Waals surface area contributed by atoms with Crippen molar-refractivity contribution in [2.24, 2.45) is 0 Å². The summed E-state index contributed by atoms with van der Waals surface area (Å²) in [5.41, 5.74) is 1.36. The lowest BCUT2D eigenvalue weighted by Crippen LogP contribution is -2.01. The van der Waals surface area contributed by atoms with Crippen LogP contribution in [-0.4, -0.2) is 5.88 Å². The first kappa shape index (κ1) is 14.1. The van der Waals surface area contributed by atoms with Crippen molar-refractivity contribution >= 4 is 27.5 Å². The third-order valence-electron chi connectivity index (χ3n) is 2.94. The van der Waals surface area contributed by atoms with Crippen LogP contribution < -0.4 is 0 Å². The molecule has 1 rings (SSSR count). The van der Waals surface area contributed by atoms with Crippen molar-refractivity contribution in [2.45, 2.75) is 44.9 Å². The Bertz CT molecular complexity index is 299. The predicted octanol–water partition coefficient (Wildman–Crippen LogP) is 5.74. The molecule has 2 heteroatoms. The van der Waals surface area contributed by atoms with Crippen molar-refractivity contribution in [3.63, 3.8) is 0 Å². The molecule has 0 radical (unpaired) electrons. The molecule has 0 heterocycles. The summed E-state index contributed by atoms with van der Waals surface area (Å²) in [6.07, 6.45) is 6.44. The number of hydrogen-bond donors (Lipinski definition) is 0. The molecule has 0 aromatic heterocycles. The van der Waals surface area contributed by atoms with Crippen molar-refractivity contribution in [3.8, 4) is 0 Å². The molecular weight excluding hydrogens is 284 g/mol. The second-order valence-corrected chi connectivity index (χ2v) is 5.39. The Balaban J connectivity index is 2.51. The molecule has 0 bridgehead atoms. The van der Waals surface area contributed by atoms with E-state index in [1.54, 1.807) is 0 Å². The number of rotatable bonds is 7. The van der Waals surface area contributed by atoms with Gasteiger partial charge in [-0.25, -0.2) is 0 Å². The number of halogens is 2. The number of alkyl halides is 1. The van der Waals surface area contributed by atoms with E-state index in [4.69, 9.17) is 11.6 Å². The van der Waals surface area contributed by atoms with Gasteiger partial charge in [-0.2, -0.15) is 0 Å². The van der Waals surface area contributed by atoms with E-state index in [0.717, 1.165) is 5.88 Å². The molecule has 1 aromatic rings. The number of unbranched alkanes of at least 4 members (excludes halogenated alkanes) is 3. The molecule has 0 aliphatic carbocycles. The molecule has 0 saturated carbocycles. The minimum atomic E-state index is 0.495. The highest BCUT2D eigenvalue weighted by Crippen LogP contribution is 2.29. The van der Waals surface area contributed by atoms with Crippen LogP contribution >= 0.6 is 27.5 Å². The van der Waals surface area contributed by atoms with Gasteiger partial charge in [-0.1, -0.05) is 66.7 Å². The molecule has 90 valence electrons. The summed E-state index contributed by atoms with van der Waals surface area (Å²) >= 11 is 9.67. The average molecular weight is 304 g/mol. The van der Waals surface area contributed by atoms with E-state index < -0.39 is 0 Å². The second kappa shape index (κ2) is 8.14. The van der Waals surface area contributed by atoms with Crippen LogP contribution in [0.15, 0.2) is 28.7 Å². The number of hydrogen-bond acceptors (Lipinski definition) is 0. The van der Waals surface area contributed by atoms with Gasteiger partial charge in [0.2, 0.25) is 0 Å². The van der Waals surface area contributed by atoms with E-state index in [0.29, 0.717) is 5.92 Å². The van der Waals surface area contributed by atoms with Gasteiger partial charge in [-0.05, 0) is 24.0 Å². The third kappa shape index (κ3) is 4.47. The molecular formula is C14H20BrCl. The molecule has 0 N–H and O–H groups in total. The van der Waals surface area contributed by atoms with E-state index in [2.05, 4.69) is 47.1 Å². The maximum Gasteiger partial charge on any atom is 0.0292 e. The highest BCUT2D eigenvalue weighted by atomic mass is 79.9. The zero-order valence-corrected chi connectivity index (χ0v) is 12.2. The smallest absolute Gasteiger partial charge is 0.0292 e. The normalized spacial score (nSPS) is 12.7. The Hall–Kier alpha value is -0.0100. The van der Waals surface area contributed by atoms with Gasteiger partial charge in [0.15, 0.2) is 0 Å². The highest BCUT2D eigenvalue weighted by molar-refractivity contribution is 9.10. The van der Waals surface area contributed by atoms with Crippen molar-refractivity contribution in [3.05, 3.63) is 34.3 Å². The van der Waals surface area contributed by atoms with Crippen LogP contribution in [0.2, 0.25) is 0 Å². The maximum atomic E-state index is 6.07. The Morgan fingerprint density at radius 2 is 1.94 bits per heavy atom. The summed E-state index contributed by atoms with van der Waals surface area (Å²) in [6, 6.07) is 8.42. The van der Waals surface area contributed by atoms with E-state index in [9.17, 15) is 0 Å². The average Bonchev–Trinajstić information content (AvgIpc) is 2.31. The molecule has 1 unspecified atom stereocenters. The Morgan fingerprint density at radius 1 is 1.19 bits per heavy atom. The molecule has 0 saturated heterocycles. The van der Waals surface area contributed by atoms with Gasteiger partial charge in [0, 0.05) is 10.4 Å². The zero-order valence-electron chi connectivity index (χ0n) is 9.89. The monoisotopic (exact) mass is 302 g/mol. The Morgan fingerprint density at radius 3 is 2.56 bits per heavy atom. The van der Waals surface area contributed by atoms with Crippen molar-refractivity contribution in [1.82, 2.24) is 0 Å². The minimum absolute atomic E-state index is 0.495. The Labute approximate surface area is 113 Å². The van der Waals surface area contributed by atoms with Gasteiger partial charge in [0.1, 0.15) is 0 Å². The van der Waals surface area contributed by atoms with Crippen molar-refractivity contribution in [2.75, 3.05) is 5.88 Å². The van der Waals surface area contributed by atoms with Gasteiger partial charge < -0.3 is 0 Å². The van der Waals surface area contributed by atoms with E-state index in [-0.39, 0.29) is 0 Å². The molecule has 0 nitrogen and oxygen atoms in total. The molecule has 16 heavy (non-hydrogen) atoms. The molecule has 0 amide bonds. The quantitative estimate of drug-likeness (QED) is 0.445. The summed E-state index contributed by atoms with van der Waals surface area (Å²) in [5.74, 6) is 1.21. The van der Waals surface area contributed by atoms with Crippen LogP contribution in [0.3, 0.4) is 0 Å². The van der Waals surface area contributed by atoms with Crippen molar-refractivity contribution in [1.29, 1.82) is 0 Å². The lowest BCUT2D eigenvalue weighted by molar-refractivity contribution is 0.581. The molecule has 1 atom stereocenters. The number of benzene rings is 1. The van der Waals surface area contributed by atoms with Gasteiger partial charge in [0.05, 0.1) is 0 Å². The lowest BCUT2D eigenvalue weighted by atomic mass is 9.95. The van der Waals surface area contributed by atoms with Gasteiger partial charge >= 0.3 is 0 Å².